The zero-order valence-electron chi connectivity index (χ0n) is 9.22. The topological polar surface area (TPSA) is 42.7 Å². The maximum atomic E-state index is 4.54. The molecule has 0 fully saturated rings. The third-order valence-corrected chi connectivity index (χ3v) is 2.95. The summed E-state index contributed by atoms with van der Waals surface area (Å²) in [5, 5.41) is 7.90. The number of fused-ring (bicyclic) bond motifs is 1. The van der Waals surface area contributed by atoms with E-state index in [1.807, 2.05) is 19.2 Å². The number of nitrogens with zero attached hydrogens (tertiary/aromatic N) is 3. The maximum absolute atomic E-state index is 4.54. The molecule has 16 heavy (non-hydrogen) atoms. The van der Waals surface area contributed by atoms with Crippen LogP contribution in [0.25, 0.3) is 0 Å². The number of hydrogen-bond acceptors (Lipinski definition) is 3. The first-order valence-corrected chi connectivity index (χ1v) is 5.54. The molecule has 3 heterocycles. The van der Waals surface area contributed by atoms with E-state index in [-0.39, 0.29) is 0 Å². The summed E-state index contributed by atoms with van der Waals surface area (Å²) in [6.45, 7) is 3.01. The highest BCUT2D eigenvalue weighted by atomic mass is 15.4. The lowest BCUT2D eigenvalue weighted by atomic mass is 10.0. The quantitative estimate of drug-likeness (QED) is 0.789. The number of nitrogens with one attached hydrogen (secondary N) is 1. The molecule has 0 saturated heterocycles. The third-order valence-electron chi connectivity index (χ3n) is 2.95. The number of anilines is 1. The van der Waals surface area contributed by atoms with E-state index in [1.54, 1.807) is 6.20 Å². The zero-order chi connectivity index (χ0) is 11.0. The third kappa shape index (κ3) is 1.46. The summed E-state index contributed by atoms with van der Waals surface area (Å²) in [6, 6.07) is 6.50. The monoisotopic (exact) mass is 214 g/mol. The molecule has 82 valence electrons. The molecule has 0 aromatic carbocycles. The molecular formula is C12H14N4. The van der Waals surface area contributed by atoms with E-state index >= 15 is 0 Å². The number of pyridine rings is 1. The van der Waals surface area contributed by atoms with Crippen LogP contribution in [-0.4, -0.2) is 21.3 Å². The highest BCUT2D eigenvalue weighted by molar-refractivity contribution is 5.40. The molecule has 0 saturated carbocycles. The Hall–Kier alpha value is -1.84. The van der Waals surface area contributed by atoms with Gasteiger partial charge in [-0.1, -0.05) is 6.07 Å². The first-order valence-electron chi connectivity index (χ1n) is 5.54. The lowest BCUT2D eigenvalue weighted by Crippen LogP contribution is -2.24. The van der Waals surface area contributed by atoms with Gasteiger partial charge in [0.15, 0.2) is 0 Å². The highest BCUT2D eigenvalue weighted by Crippen LogP contribution is 2.28. The molecule has 4 nitrogen and oxygen atoms in total. The summed E-state index contributed by atoms with van der Waals surface area (Å²) in [6.07, 6.45) is 4.79. The van der Waals surface area contributed by atoms with Crippen LogP contribution < -0.4 is 5.32 Å². The van der Waals surface area contributed by atoms with Crippen LogP contribution in [0.15, 0.2) is 30.6 Å². The van der Waals surface area contributed by atoms with Crippen molar-refractivity contribution >= 4 is 5.82 Å². The van der Waals surface area contributed by atoms with E-state index in [4.69, 9.17) is 0 Å². The Bertz CT molecular complexity index is 489. The smallest absolute Gasteiger partial charge is 0.125 e. The molecule has 1 aliphatic rings. The van der Waals surface area contributed by atoms with Gasteiger partial charge >= 0.3 is 0 Å². The van der Waals surface area contributed by atoms with Crippen LogP contribution in [0, 0.1) is 6.92 Å². The summed E-state index contributed by atoms with van der Waals surface area (Å²) in [5.41, 5.74) is 2.28. The van der Waals surface area contributed by atoms with E-state index < -0.39 is 0 Å². The minimum Gasteiger partial charge on any atom is -0.370 e. The first kappa shape index (κ1) is 9.39. The first-order chi connectivity index (χ1) is 7.84. The van der Waals surface area contributed by atoms with Gasteiger partial charge in [0.2, 0.25) is 0 Å². The van der Waals surface area contributed by atoms with E-state index in [1.165, 1.54) is 5.56 Å². The molecule has 1 aliphatic heterocycles. The Morgan fingerprint density at radius 3 is 3.25 bits per heavy atom. The van der Waals surface area contributed by atoms with E-state index in [0.29, 0.717) is 6.04 Å². The van der Waals surface area contributed by atoms with Crippen LogP contribution >= 0.6 is 0 Å². The molecule has 2 aromatic rings. The minimum atomic E-state index is 0.318. The summed E-state index contributed by atoms with van der Waals surface area (Å²) >= 11 is 0. The van der Waals surface area contributed by atoms with Crippen molar-refractivity contribution in [3.63, 3.8) is 0 Å². The zero-order valence-corrected chi connectivity index (χ0v) is 9.22. The molecule has 0 bridgehead atoms. The second kappa shape index (κ2) is 3.63. The number of aryl methyl sites for hydroxylation is 1. The second-order valence-electron chi connectivity index (χ2n) is 4.13. The summed E-state index contributed by atoms with van der Waals surface area (Å²) in [7, 11) is 0. The highest BCUT2D eigenvalue weighted by Gasteiger charge is 2.22. The van der Waals surface area contributed by atoms with Gasteiger partial charge in [-0.3, -0.25) is 4.98 Å². The molecule has 4 heteroatoms. The number of aromatic nitrogens is 3. The fourth-order valence-electron chi connectivity index (χ4n) is 2.23. The largest absolute Gasteiger partial charge is 0.370 e. The molecule has 0 radical (unpaired) electrons. The molecule has 3 rings (SSSR count). The van der Waals surface area contributed by atoms with Gasteiger partial charge in [0.1, 0.15) is 5.82 Å². The Morgan fingerprint density at radius 1 is 1.50 bits per heavy atom. The lowest BCUT2D eigenvalue weighted by molar-refractivity contribution is 0.478. The van der Waals surface area contributed by atoms with Crippen molar-refractivity contribution in [1.29, 1.82) is 0 Å². The fourth-order valence-corrected chi connectivity index (χ4v) is 2.23. The molecule has 2 aromatic heterocycles. The molecule has 0 spiro atoms. The average Bonchev–Trinajstić information content (AvgIpc) is 2.70. The Kier molecular flexibility index (Phi) is 2.13. The average molecular weight is 214 g/mol. The SMILES string of the molecule is Cc1cc2n(n1)C(c1cccnc1)CCN2. The van der Waals surface area contributed by atoms with Crippen LogP contribution in [-0.2, 0) is 0 Å². The van der Waals surface area contributed by atoms with E-state index in [2.05, 4.69) is 32.2 Å². The fraction of sp³-hybridized carbons (Fsp3) is 0.333. The predicted molar refractivity (Wildman–Crippen MR) is 62.4 cm³/mol. The number of hydrogen-bond donors (Lipinski definition) is 1. The standard InChI is InChI=1S/C12H14N4/c1-9-7-12-14-6-4-11(16(12)15-9)10-3-2-5-13-8-10/h2-3,5,7-8,11,14H,4,6H2,1H3. The number of rotatable bonds is 1. The van der Waals surface area contributed by atoms with Gasteiger partial charge in [-0.2, -0.15) is 5.10 Å². The van der Waals surface area contributed by atoms with E-state index in [0.717, 1.165) is 24.5 Å². The lowest BCUT2D eigenvalue weighted by Gasteiger charge is -2.25. The van der Waals surface area contributed by atoms with Crippen LogP contribution in [0.5, 0.6) is 0 Å². The van der Waals surface area contributed by atoms with Gasteiger partial charge in [-0.15, -0.1) is 0 Å². The Labute approximate surface area is 94.3 Å². The maximum Gasteiger partial charge on any atom is 0.125 e. The normalized spacial score (nSPS) is 18.9. The van der Waals surface area contributed by atoms with Crippen molar-refractivity contribution in [1.82, 2.24) is 14.8 Å². The molecule has 0 aliphatic carbocycles. The molecule has 0 amide bonds. The minimum absolute atomic E-state index is 0.318. The molecule has 1 N–H and O–H groups in total. The van der Waals surface area contributed by atoms with Gasteiger partial charge in [0.25, 0.3) is 0 Å². The van der Waals surface area contributed by atoms with Crippen LogP contribution in [0.2, 0.25) is 0 Å². The van der Waals surface area contributed by atoms with Gasteiger partial charge in [-0.25, -0.2) is 4.68 Å². The summed E-state index contributed by atoms with van der Waals surface area (Å²) < 4.78 is 2.07. The Balaban J connectivity index is 2.05. The molecule has 1 atom stereocenters. The van der Waals surface area contributed by atoms with Crippen LogP contribution in [0.1, 0.15) is 23.7 Å². The second-order valence-corrected chi connectivity index (χ2v) is 4.13. The van der Waals surface area contributed by atoms with E-state index in [9.17, 15) is 0 Å². The van der Waals surface area contributed by atoms with Gasteiger partial charge < -0.3 is 5.32 Å². The molecular weight excluding hydrogens is 200 g/mol. The van der Waals surface area contributed by atoms with Gasteiger partial charge in [0, 0.05) is 25.0 Å². The summed E-state index contributed by atoms with van der Waals surface area (Å²) in [4.78, 5) is 4.18. The predicted octanol–water partition coefficient (Wildman–Crippen LogP) is 1.99. The van der Waals surface area contributed by atoms with Crippen molar-refractivity contribution < 1.29 is 0 Å². The Morgan fingerprint density at radius 2 is 2.44 bits per heavy atom. The van der Waals surface area contributed by atoms with Crippen LogP contribution in [0.4, 0.5) is 5.82 Å². The van der Waals surface area contributed by atoms with Crippen molar-refractivity contribution in [2.75, 3.05) is 11.9 Å². The van der Waals surface area contributed by atoms with Crippen molar-refractivity contribution in [3.8, 4) is 0 Å². The van der Waals surface area contributed by atoms with Gasteiger partial charge in [-0.05, 0) is 25.0 Å². The van der Waals surface area contributed by atoms with Crippen molar-refractivity contribution in [3.05, 3.63) is 41.9 Å². The van der Waals surface area contributed by atoms with Crippen molar-refractivity contribution in [2.45, 2.75) is 19.4 Å². The molecule has 1 unspecified atom stereocenters. The summed E-state index contributed by atoms with van der Waals surface area (Å²) in [5.74, 6) is 1.11. The van der Waals surface area contributed by atoms with Gasteiger partial charge in [0.05, 0.1) is 11.7 Å². The van der Waals surface area contributed by atoms with Crippen molar-refractivity contribution in [2.24, 2.45) is 0 Å². The van der Waals surface area contributed by atoms with Crippen LogP contribution in [0.3, 0.4) is 0 Å².